The van der Waals surface area contributed by atoms with Crippen LogP contribution in [-0.2, 0) is 10.0 Å². The highest BCUT2D eigenvalue weighted by atomic mass is 32.2. The molecule has 0 heterocycles. The zero-order chi connectivity index (χ0) is 11.9. The van der Waals surface area contributed by atoms with Crippen molar-refractivity contribution in [2.75, 3.05) is 19.0 Å². The fraction of sp³-hybridized carbons (Fsp3) is 1.00. The van der Waals surface area contributed by atoms with Crippen LogP contribution in [0.25, 0.3) is 0 Å². The minimum absolute atomic E-state index is 0.00534. The van der Waals surface area contributed by atoms with Gasteiger partial charge in [-0.3, -0.25) is 4.39 Å². The number of sulfonamides is 1. The van der Waals surface area contributed by atoms with E-state index in [0.29, 0.717) is 12.8 Å². The van der Waals surface area contributed by atoms with Gasteiger partial charge in [0.15, 0.2) is 0 Å². The van der Waals surface area contributed by atoms with Gasteiger partial charge in [0, 0.05) is 6.54 Å². The Kier molecular flexibility index (Phi) is 6.31. The predicted octanol–water partition coefficient (Wildman–Crippen LogP) is 0.817. The van der Waals surface area contributed by atoms with Gasteiger partial charge in [-0.1, -0.05) is 13.8 Å². The normalized spacial score (nSPS) is 13.1. The maximum absolute atomic E-state index is 11.8. The van der Waals surface area contributed by atoms with Gasteiger partial charge in [0.25, 0.3) is 0 Å². The lowest BCUT2D eigenvalue weighted by Crippen LogP contribution is -2.42. The van der Waals surface area contributed by atoms with E-state index in [1.807, 2.05) is 0 Å². The van der Waals surface area contributed by atoms with Crippen LogP contribution < -0.4 is 4.72 Å². The molecule has 0 aromatic carbocycles. The van der Waals surface area contributed by atoms with Crippen molar-refractivity contribution in [3.63, 3.8) is 0 Å². The Hall–Kier alpha value is -0.200. The quantitative estimate of drug-likeness (QED) is 0.661. The molecule has 0 aromatic heterocycles. The fourth-order valence-corrected chi connectivity index (χ4v) is 2.18. The summed E-state index contributed by atoms with van der Waals surface area (Å²) in [4.78, 5) is 0. The average Bonchev–Trinajstić information content (AvgIpc) is 2.23. The van der Waals surface area contributed by atoms with Gasteiger partial charge in [0.1, 0.15) is 0 Å². The first-order valence-electron chi connectivity index (χ1n) is 5.15. The first-order valence-corrected chi connectivity index (χ1v) is 6.80. The molecule has 0 aliphatic heterocycles. The highest BCUT2D eigenvalue weighted by molar-refractivity contribution is 7.89. The largest absolute Gasteiger partial charge is 0.389 e. The van der Waals surface area contributed by atoms with Gasteiger partial charge in [-0.05, 0) is 19.3 Å². The lowest BCUT2D eigenvalue weighted by atomic mass is 9.98. The van der Waals surface area contributed by atoms with Crippen molar-refractivity contribution >= 4 is 10.0 Å². The molecule has 0 aliphatic carbocycles. The molecule has 0 unspecified atom stereocenters. The lowest BCUT2D eigenvalue weighted by molar-refractivity contribution is 0.0377. The van der Waals surface area contributed by atoms with E-state index in [0.717, 1.165) is 0 Å². The second kappa shape index (κ2) is 6.40. The van der Waals surface area contributed by atoms with Crippen LogP contribution in [0.4, 0.5) is 4.39 Å². The van der Waals surface area contributed by atoms with Crippen molar-refractivity contribution in [1.29, 1.82) is 0 Å². The molecule has 0 saturated carbocycles. The van der Waals surface area contributed by atoms with E-state index >= 15 is 0 Å². The molecule has 0 aliphatic rings. The summed E-state index contributed by atoms with van der Waals surface area (Å²) in [6.07, 6.45) is 0.955. The number of nitrogens with one attached hydrogen (secondary N) is 1. The van der Waals surface area contributed by atoms with Crippen molar-refractivity contribution in [2.24, 2.45) is 0 Å². The molecule has 0 amide bonds. The summed E-state index contributed by atoms with van der Waals surface area (Å²) in [5.41, 5.74) is -0.997. The molecule has 0 radical (unpaired) electrons. The van der Waals surface area contributed by atoms with E-state index in [-0.39, 0.29) is 18.7 Å². The van der Waals surface area contributed by atoms with E-state index in [1.54, 1.807) is 13.8 Å². The summed E-state index contributed by atoms with van der Waals surface area (Å²) in [7, 11) is -3.45. The highest BCUT2D eigenvalue weighted by Crippen LogP contribution is 2.13. The Morgan fingerprint density at radius 2 is 1.87 bits per heavy atom. The topological polar surface area (TPSA) is 66.4 Å². The first-order chi connectivity index (χ1) is 6.89. The van der Waals surface area contributed by atoms with Crippen molar-refractivity contribution in [3.8, 4) is 0 Å². The zero-order valence-electron chi connectivity index (χ0n) is 9.29. The number of alkyl halides is 1. The third kappa shape index (κ3) is 6.06. The molecular weight excluding hydrogens is 221 g/mol. The van der Waals surface area contributed by atoms with Crippen molar-refractivity contribution < 1.29 is 17.9 Å². The van der Waals surface area contributed by atoms with Gasteiger partial charge in [-0.25, -0.2) is 13.1 Å². The van der Waals surface area contributed by atoms with Crippen molar-refractivity contribution in [1.82, 2.24) is 4.72 Å². The average molecular weight is 241 g/mol. The van der Waals surface area contributed by atoms with Crippen LogP contribution in [0.2, 0.25) is 0 Å². The number of rotatable bonds is 8. The molecule has 2 N–H and O–H groups in total. The van der Waals surface area contributed by atoms with Gasteiger partial charge in [0.2, 0.25) is 10.0 Å². The van der Waals surface area contributed by atoms with E-state index in [2.05, 4.69) is 4.72 Å². The molecule has 92 valence electrons. The molecule has 4 nitrogen and oxygen atoms in total. The molecule has 0 aromatic rings. The predicted molar refractivity (Wildman–Crippen MR) is 57.9 cm³/mol. The summed E-state index contributed by atoms with van der Waals surface area (Å²) >= 11 is 0. The van der Waals surface area contributed by atoms with E-state index in [1.165, 1.54) is 0 Å². The Balaban J connectivity index is 4.13. The standard InChI is InChI=1S/C9H20FNO3S/c1-3-9(12,4-2)8-11-15(13,14)7-5-6-10/h11-12H,3-8H2,1-2H3. The second-order valence-electron chi connectivity index (χ2n) is 3.61. The van der Waals surface area contributed by atoms with Crippen LogP contribution in [0.5, 0.6) is 0 Å². The van der Waals surface area contributed by atoms with Gasteiger partial charge in [0.05, 0.1) is 18.0 Å². The molecule has 0 rings (SSSR count). The molecule has 6 heteroatoms. The molecule has 15 heavy (non-hydrogen) atoms. The molecule has 0 saturated heterocycles. The van der Waals surface area contributed by atoms with Crippen molar-refractivity contribution in [2.45, 2.75) is 38.7 Å². The maximum atomic E-state index is 11.8. The lowest BCUT2D eigenvalue weighted by Gasteiger charge is -2.25. The van der Waals surface area contributed by atoms with Crippen LogP contribution in [0, 0.1) is 0 Å². The van der Waals surface area contributed by atoms with E-state index in [4.69, 9.17) is 0 Å². The van der Waals surface area contributed by atoms with Gasteiger partial charge in [-0.2, -0.15) is 0 Å². The smallest absolute Gasteiger partial charge is 0.211 e. The van der Waals surface area contributed by atoms with Crippen LogP contribution in [0.1, 0.15) is 33.1 Å². The third-order valence-corrected chi connectivity index (χ3v) is 3.89. The summed E-state index contributed by atoms with van der Waals surface area (Å²) in [5, 5.41) is 9.82. The molecular formula is C9H20FNO3S. The van der Waals surface area contributed by atoms with E-state index in [9.17, 15) is 17.9 Å². The van der Waals surface area contributed by atoms with Crippen LogP contribution in [0.3, 0.4) is 0 Å². The first kappa shape index (κ1) is 14.8. The third-order valence-electron chi connectivity index (χ3n) is 2.48. The fourth-order valence-electron chi connectivity index (χ4n) is 1.06. The summed E-state index contributed by atoms with van der Waals surface area (Å²) in [5.74, 6) is -0.229. The molecule has 0 atom stereocenters. The maximum Gasteiger partial charge on any atom is 0.211 e. The Morgan fingerprint density at radius 1 is 1.33 bits per heavy atom. The monoisotopic (exact) mass is 241 g/mol. The molecule has 0 fully saturated rings. The van der Waals surface area contributed by atoms with Crippen LogP contribution in [0.15, 0.2) is 0 Å². The number of aliphatic hydroxyl groups is 1. The van der Waals surface area contributed by atoms with Gasteiger partial charge in [-0.15, -0.1) is 0 Å². The minimum Gasteiger partial charge on any atom is -0.389 e. The molecule has 0 bridgehead atoms. The number of halogens is 1. The van der Waals surface area contributed by atoms with E-state index < -0.39 is 22.3 Å². The molecule has 0 spiro atoms. The Bertz CT molecular complexity index is 263. The van der Waals surface area contributed by atoms with Crippen molar-refractivity contribution in [3.05, 3.63) is 0 Å². The number of hydrogen-bond acceptors (Lipinski definition) is 3. The summed E-state index contributed by atoms with van der Waals surface area (Å²) < 4.78 is 36.6. The minimum atomic E-state index is -3.45. The Morgan fingerprint density at radius 3 is 2.27 bits per heavy atom. The zero-order valence-corrected chi connectivity index (χ0v) is 10.1. The summed E-state index contributed by atoms with van der Waals surface area (Å²) in [6.45, 7) is 2.93. The Labute approximate surface area is 90.9 Å². The van der Waals surface area contributed by atoms with Gasteiger partial charge >= 0.3 is 0 Å². The van der Waals surface area contributed by atoms with Crippen LogP contribution in [-0.4, -0.2) is 38.1 Å². The van der Waals surface area contributed by atoms with Crippen LogP contribution >= 0.6 is 0 Å². The second-order valence-corrected chi connectivity index (χ2v) is 5.54. The summed E-state index contributed by atoms with van der Waals surface area (Å²) in [6, 6.07) is 0. The van der Waals surface area contributed by atoms with Gasteiger partial charge < -0.3 is 5.11 Å². The highest BCUT2D eigenvalue weighted by Gasteiger charge is 2.24. The SMILES string of the molecule is CCC(O)(CC)CNS(=O)(=O)CCCF. The number of hydrogen-bond donors (Lipinski definition) is 2.